The lowest BCUT2D eigenvalue weighted by atomic mass is 10.1. The van der Waals surface area contributed by atoms with Gasteiger partial charge in [-0.2, -0.15) is 0 Å². The van der Waals surface area contributed by atoms with Gasteiger partial charge in [-0.3, -0.25) is 4.79 Å². The average molecular weight is 322 g/mol. The third kappa shape index (κ3) is 3.90. The van der Waals surface area contributed by atoms with E-state index in [-0.39, 0.29) is 11.7 Å². The van der Waals surface area contributed by atoms with Gasteiger partial charge in [0.2, 0.25) is 5.91 Å². The molecule has 1 amide bonds. The maximum absolute atomic E-state index is 12.8. The third-order valence-electron chi connectivity index (χ3n) is 3.91. The van der Waals surface area contributed by atoms with Crippen LogP contribution in [0.25, 0.3) is 17.0 Å². The van der Waals surface area contributed by atoms with Gasteiger partial charge in [0.15, 0.2) is 0 Å². The Hall–Kier alpha value is -2.88. The van der Waals surface area contributed by atoms with E-state index < -0.39 is 0 Å². The largest absolute Gasteiger partial charge is 0.361 e. The highest BCUT2D eigenvalue weighted by molar-refractivity contribution is 5.91. The van der Waals surface area contributed by atoms with E-state index in [1.54, 1.807) is 18.2 Å². The predicted molar refractivity (Wildman–Crippen MR) is 95.2 cm³/mol. The molecule has 3 aromatic rings. The van der Waals surface area contributed by atoms with Crippen molar-refractivity contribution in [3.8, 4) is 0 Å². The normalized spacial score (nSPS) is 11.2. The lowest BCUT2D eigenvalue weighted by Crippen LogP contribution is -2.23. The van der Waals surface area contributed by atoms with E-state index in [0.717, 1.165) is 17.5 Å². The summed E-state index contributed by atoms with van der Waals surface area (Å²) in [5.41, 5.74) is 4.31. The molecule has 0 aliphatic rings. The van der Waals surface area contributed by atoms with Gasteiger partial charge in [0, 0.05) is 29.7 Å². The van der Waals surface area contributed by atoms with Crippen molar-refractivity contribution in [1.82, 2.24) is 10.3 Å². The van der Waals surface area contributed by atoms with Gasteiger partial charge >= 0.3 is 0 Å². The quantitative estimate of drug-likeness (QED) is 0.686. The molecule has 0 spiro atoms. The van der Waals surface area contributed by atoms with Gasteiger partial charge in [-0.25, -0.2) is 4.39 Å². The highest BCUT2D eigenvalue weighted by Gasteiger charge is 2.04. The highest BCUT2D eigenvalue weighted by atomic mass is 19.1. The van der Waals surface area contributed by atoms with Crippen molar-refractivity contribution < 1.29 is 9.18 Å². The minimum absolute atomic E-state index is 0.157. The molecule has 0 saturated carbocycles. The summed E-state index contributed by atoms with van der Waals surface area (Å²) >= 11 is 0. The number of fused-ring (bicyclic) bond motifs is 1. The fourth-order valence-corrected chi connectivity index (χ4v) is 2.62. The van der Waals surface area contributed by atoms with Crippen molar-refractivity contribution in [2.24, 2.45) is 0 Å². The molecule has 0 bridgehead atoms. The fraction of sp³-hybridized carbons (Fsp3) is 0.150. The summed E-state index contributed by atoms with van der Waals surface area (Å²) in [4.78, 5) is 15.1. The second kappa shape index (κ2) is 7.13. The van der Waals surface area contributed by atoms with Crippen LogP contribution in [0.1, 0.15) is 16.7 Å². The van der Waals surface area contributed by atoms with Crippen LogP contribution in [0.5, 0.6) is 0 Å². The zero-order valence-electron chi connectivity index (χ0n) is 13.5. The Bertz CT molecular complexity index is 878. The van der Waals surface area contributed by atoms with Crippen molar-refractivity contribution >= 4 is 22.9 Å². The minimum atomic E-state index is -0.287. The molecule has 2 N–H and O–H groups in total. The summed E-state index contributed by atoms with van der Waals surface area (Å²) in [7, 11) is 0. The number of rotatable bonds is 5. The zero-order valence-corrected chi connectivity index (χ0v) is 13.5. The molecule has 3 rings (SSSR count). The number of hydrogen-bond acceptors (Lipinski definition) is 1. The number of amides is 1. The number of aromatic nitrogens is 1. The summed E-state index contributed by atoms with van der Waals surface area (Å²) in [6, 6.07) is 12.3. The molecule has 1 aromatic heterocycles. The number of carbonyl (C=O) groups is 1. The van der Waals surface area contributed by atoms with Crippen molar-refractivity contribution in [1.29, 1.82) is 0 Å². The van der Waals surface area contributed by atoms with E-state index in [9.17, 15) is 9.18 Å². The molecular formula is C20H19FN2O. The van der Waals surface area contributed by atoms with E-state index in [1.807, 2.05) is 6.20 Å². The van der Waals surface area contributed by atoms with Gasteiger partial charge in [-0.15, -0.1) is 0 Å². The molecular weight excluding hydrogens is 303 g/mol. The smallest absolute Gasteiger partial charge is 0.244 e. The van der Waals surface area contributed by atoms with Crippen molar-refractivity contribution in [2.45, 2.75) is 13.3 Å². The van der Waals surface area contributed by atoms with E-state index >= 15 is 0 Å². The van der Waals surface area contributed by atoms with Gasteiger partial charge in [0.25, 0.3) is 0 Å². The second-order valence-corrected chi connectivity index (χ2v) is 5.79. The molecule has 0 radical (unpaired) electrons. The van der Waals surface area contributed by atoms with Crippen LogP contribution in [0.15, 0.2) is 54.7 Å². The van der Waals surface area contributed by atoms with Crippen LogP contribution < -0.4 is 5.32 Å². The number of aromatic amines is 1. The number of nitrogens with one attached hydrogen (secondary N) is 2. The Kier molecular flexibility index (Phi) is 4.75. The summed E-state index contributed by atoms with van der Waals surface area (Å²) < 4.78 is 12.8. The Morgan fingerprint density at radius 2 is 2.00 bits per heavy atom. The zero-order chi connectivity index (χ0) is 16.9. The molecule has 0 aliphatic carbocycles. The van der Waals surface area contributed by atoms with E-state index in [2.05, 4.69) is 35.4 Å². The molecule has 0 fully saturated rings. The Balaban J connectivity index is 1.54. The summed E-state index contributed by atoms with van der Waals surface area (Å²) in [6.45, 7) is 2.63. The van der Waals surface area contributed by atoms with Crippen molar-refractivity contribution in [2.75, 3.05) is 6.54 Å². The Morgan fingerprint density at radius 3 is 2.79 bits per heavy atom. The molecule has 2 aromatic carbocycles. The number of H-pyrrole nitrogens is 1. The van der Waals surface area contributed by atoms with Crippen LogP contribution in [0.2, 0.25) is 0 Å². The van der Waals surface area contributed by atoms with E-state index in [4.69, 9.17) is 0 Å². The molecule has 4 heteroatoms. The molecule has 1 heterocycles. The third-order valence-corrected chi connectivity index (χ3v) is 3.91. The van der Waals surface area contributed by atoms with Crippen LogP contribution in [0, 0.1) is 12.7 Å². The standard InChI is InChI=1S/C20H19FN2O/c1-14-2-8-19-18(12-14)16(13-23-19)10-11-22-20(24)9-5-15-3-6-17(21)7-4-15/h2-9,12-13,23H,10-11H2,1H3,(H,22,24). The van der Waals surface area contributed by atoms with Crippen molar-refractivity contribution in [3.05, 3.63) is 77.2 Å². The van der Waals surface area contributed by atoms with Gasteiger partial charge in [0.1, 0.15) is 5.82 Å². The number of benzene rings is 2. The van der Waals surface area contributed by atoms with Gasteiger partial charge in [-0.1, -0.05) is 23.8 Å². The molecule has 3 nitrogen and oxygen atoms in total. The van der Waals surface area contributed by atoms with Gasteiger partial charge in [-0.05, 0) is 54.8 Å². The van der Waals surface area contributed by atoms with Crippen molar-refractivity contribution in [3.63, 3.8) is 0 Å². The summed E-state index contributed by atoms with van der Waals surface area (Å²) in [5, 5.41) is 4.07. The van der Waals surface area contributed by atoms with Crippen LogP contribution in [0.4, 0.5) is 4.39 Å². The molecule has 24 heavy (non-hydrogen) atoms. The first-order chi connectivity index (χ1) is 11.6. The fourth-order valence-electron chi connectivity index (χ4n) is 2.62. The average Bonchev–Trinajstić information content (AvgIpc) is 2.97. The number of carbonyl (C=O) groups excluding carboxylic acids is 1. The van der Waals surface area contributed by atoms with E-state index in [0.29, 0.717) is 6.54 Å². The van der Waals surface area contributed by atoms with Crippen LogP contribution >= 0.6 is 0 Å². The molecule has 0 unspecified atom stereocenters. The molecule has 0 atom stereocenters. The van der Waals surface area contributed by atoms with E-state index in [1.165, 1.54) is 34.7 Å². The van der Waals surface area contributed by atoms with Gasteiger partial charge < -0.3 is 10.3 Å². The maximum Gasteiger partial charge on any atom is 0.244 e. The molecule has 0 saturated heterocycles. The van der Waals surface area contributed by atoms with Gasteiger partial charge in [0.05, 0.1) is 0 Å². The topological polar surface area (TPSA) is 44.9 Å². The first-order valence-electron chi connectivity index (χ1n) is 7.90. The number of hydrogen-bond donors (Lipinski definition) is 2. The van der Waals surface area contributed by atoms with Crippen LogP contribution in [0.3, 0.4) is 0 Å². The predicted octanol–water partition coefficient (Wildman–Crippen LogP) is 3.99. The number of halogens is 1. The second-order valence-electron chi connectivity index (χ2n) is 5.79. The summed E-state index contributed by atoms with van der Waals surface area (Å²) in [6.07, 6.45) is 5.89. The first-order valence-corrected chi connectivity index (χ1v) is 7.90. The monoisotopic (exact) mass is 322 g/mol. The maximum atomic E-state index is 12.8. The SMILES string of the molecule is Cc1ccc2[nH]cc(CCNC(=O)C=Cc3ccc(F)cc3)c2c1. The van der Waals surface area contributed by atoms with Crippen LogP contribution in [-0.2, 0) is 11.2 Å². The first kappa shape index (κ1) is 16.0. The van der Waals surface area contributed by atoms with Crippen LogP contribution in [-0.4, -0.2) is 17.4 Å². The highest BCUT2D eigenvalue weighted by Crippen LogP contribution is 2.19. The number of aryl methyl sites for hydroxylation is 1. The molecule has 122 valence electrons. The Labute approximate surface area is 140 Å². The lowest BCUT2D eigenvalue weighted by Gasteiger charge is -2.02. The molecule has 0 aliphatic heterocycles. The lowest BCUT2D eigenvalue weighted by molar-refractivity contribution is -0.116. The minimum Gasteiger partial charge on any atom is -0.361 e. The Morgan fingerprint density at radius 1 is 1.21 bits per heavy atom. The summed E-state index contributed by atoms with van der Waals surface area (Å²) in [5.74, 6) is -0.444.